The van der Waals surface area contributed by atoms with Crippen LogP contribution in [0.2, 0.25) is 0 Å². The van der Waals surface area contributed by atoms with Crippen LogP contribution >= 0.6 is 15.9 Å². The number of fused-ring (bicyclic) bond motifs is 1. The number of hydrazone groups is 1. The zero-order chi connectivity index (χ0) is 19.5. The number of anilines is 1. The van der Waals surface area contributed by atoms with Crippen molar-refractivity contribution in [3.63, 3.8) is 0 Å². The van der Waals surface area contributed by atoms with Gasteiger partial charge in [-0.1, -0.05) is 40.2 Å². The lowest BCUT2D eigenvalue weighted by molar-refractivity contribution is -0.121. The highest BCUT2D eigenvalue weighted by Crippen LogP contribution is 2.26. The Morgan fingerprint density at radius 1 is 1.21 bits per heavy atom. The summed E-state index contributed by atoms with van der Waals surface area (Å²) in [4.78, 5) is 16.9. The molecule has 0 fully saturated rings. The fraction of sp³-hybridized carbons (Fsp3) is 0.0556. The van der Waals surface area contributed by atoms with E-state index in [1.54, 1.807) is 10.8 Å². The molecule has 0 atom stereocenters. The van der Waals surface area contributed by atoms with Gasteiger partial charge in [-0.05, 0) is 40.1 Å². The summed E-state index contributed by atoms with van der Waals surface area (Å²) in [6, 6.07) is 14.9. The third-order valence-electron chi connectivity index (χ3n) is 3.95. The van der Waals surface area contributed by atoms with E-state index in [1.807, 2.05) is 48.5 Å². The Morgan fingerprint density at radius 2 is 2.00 bits per heavy atom. The van der Waals surface area contributed by atoms with Crippen molar-refractivity contribution in [2.75, 3.05) is 5.73 Å². The second-order valence-corrected chi connectivity index (χ2v) is 6.77. The van der Waals surface area contributed by atoms with Crippen LogP contribution in [0, 0.1) is 0 Å². The Bertz CT molecular complexity index is 1160. The number of nitrogens with one attached hydrogen (secondary N) is 1. The average Bonchev–Trinajstić information content (AvgIpc) is 3.27. The molecule has 28 heavy (non-hydrogen) atoms. The first-order chi connectivity index (χ1) is 13.6. The molecule has 0 aliphatic rings. The topological polar surface area (TPSA) is 124 Å². The fourth-order valence-electron chi connectivity index (χ4n) is 2.67. The van der Waals surface area contributed by atoms with Gasteiger partial charge in [0.05, 0.1) is 17.2 Å². The number of hydrogen-bond donors (Lipinski definition) is 2. The molecule has 0 bridgehead atoms. The molecule has 2 aromatic heterocycles. The molecule has 0 radical (unpaired) electrons. The maximum Gasteiger partial charge on any atom is 0.260 e. The zero-order valence-electron chi connectivity index (χ0n) is 14.4. The maximum atomic E-state index is 12.4. The van der Waals surface area contributed by atoms with E-state index in [2.05, 4.69) is 46.4 Å². The minimum atomic E-state index is -0.326. The first kappa shape index (κ1) is 17.9. The fourth-order valence-corrected chi connectivity index (χ4v) is 2.94. The Balaban J connectivity index is 1.57. The highest BCUT2D eigenvalue weighted by Gasteiger charge is 2.20. The van der Waals surface area contributed by atoms with Crippen molar-refractivity contribution in [2.24, 2.45) is 5.10 Å². The van der Waals surface area contributed by atoms with Gasteiger partial charge < -0.3 is 10.3 Å². The van der Waals surface area contributed by atoms with Crippen LogP contribution < -0.4 is 11.2 Å². The van der Waals surface area contributed by atoms with E-state index >= 15 is 0 Å². The summed E-state index contributed by atoms with van der Waals surface area (Å²) in [5.41, 5.74) is 10.9. The highest BCUT2D eigenvalue weighted by molar-refractivity contribution is 9.10. The first-order valence-electron chi connectivity index (χ1n) is 8.23. The Labute approximate surface area is 167 Å². The number of halogens is 1. The van der Waals surface area contributed by atoms with Crippen molar-refractivity contribution in [3.05, 3.63) is 58.6 Å². The molecule has 0 saturated heterocycles. The van der Waals surface area contributed by atoms with Crippen molar-refractivity contribution in [3.8, 4) is 11.5 Å². The number of nitrogens with zero attached hydrogens (tertiary/aromatic N) is 5. The molecule has 0 saturated carbocycles. The second-order valence-electron chi connectivity index (χ2n) is 5.85. The van der Waals surface area contributed by atoms with Crippen molar-refractivity contribution in [1.29, 1.82) is 0 Å². The lowest BCUT2D eigenvalue weighted by Gasteiger charge is -2.06. The van der Waals surface area contributed by atoms with Crippen molar-refractivity contribution >= 4 is 44.9 Å². The van der Waals surface area contributed by atoms with Gasteiger partial charge in [-0.2, -0.15) is 5.10 Å². The number of nitrogens with two attached hydrogens (primary N) is 1. The predicted octanol–water partition coefficient (Wildman–Crippen LogP) is 2.58. The number of rotatable bonds is 5. The van der Waals surface area contributed by atoms with Gasteiger partial charge in [0.15, 0.2) is 17.3 Å². The number of imidazole rings is 1. The minimum Gasteiger partial charge on any atom is -0.379 e. The molecule has 0 aliphatic heterocycles. The van der Waals surface area contributed by atoms with Crippen LogP contribution in [0.25, 0.3) is 22.6 Å². The summed E-state index contributed by atoms with van der Waals surface area (Å²) in [6.07, 6.45) is 1.57. The van der Waals surface area contributed by atoms with Crippen LogP contribution in [0.1, 0.15) is 5.56 Å². The second kappa shape index (κ2) is 7.61. The number of hydrogen-bond acceptors (Lipinski definition) is 7. The van der Waals surface area contributed by atoms with E-state index in [9.17, 15) is 4.79 Å². The molecule has 2 aromatic carbocycles. The number of aromatic nitrogens is 4. The van der Waals surface area contributed by atoms with Crippen LogP contribution in [-0.4, -0.2) is 32.0 Å². The molecule has 0 spiro atoms. The molecule has 4 rings (SSSR count). The summed E-state index contributed by atoms with van der Waals surface area (Å²) in [5.74, 6) is 0.171. The third kappa shape index (κ3) is 3.62. The summed E-state index contributed by atoms with van der Waals surface area (Å²) in [5, 5.41) is 11.4. The zero-order valence-corrected chi connectivity index (χ0v) is 16.0. The van der Waals surface area contributed by atoms with Gasteiger partial charge in [0.25, 0.3) is 5.91 Å². The molecule has 1 amide bonds. The van der Waals surface area contributed by atoms with Crippen LogP contribution in [0.5, 0.6) is 0 Å². The molecule has 140 valence electrons. The first-order valence-corrected chi connectivity index (χ1v) is 9.02. The lowest BCUT2D eigenvalue weighted by atomic mass is 10.2. The average molecular weight is 440 g/mol. The number of benzene rings is 2. The standard InChI is InChI=1S/C18H14BrN7O2/c19-12-7-5-11(6-8-12)9-21-23-15(27)10-26-14-4-2-1-3-13(14)22-18(26)16-17(20)25-28-24-16/h1-9H,10H2,(H2,20,25)(H,23,27). The van der Waals surface area contributed by atoms with E-state index in [0.29, 0.717) is 11.3 Å². The monoisotopic (exact) mass is 439 g/mol. The summed E-state index contributed by atoms with van der Waals surface area (Å²) < 4.78 is 7.33. The van der Waals surface area contributed by atoms with Gasteiger partial charge in [0.2, 0.25) is 0 Å². The normalized spacial score (nSPS) is 11.3. The summed E-state index contributed by atoms with van der Waals surface area (Å²) >= 11 is 3.37. The minimum absolute atomic E-state index is 0.0280. The molecule has 3 N–H and O–H groups in total. The van der Waals surface area contributed by atoms with E-state index in [4.69, 9.17) is 5.73 Å². The highest BCUT2D eigenvalue weighted by atomic mass is 79.9. The summed E-state index contributed by atoms with van der Waals surface area (Å²) in [6.45, 7) is -0.0280. The van der Waals surface area contributed by atoms with Crippen LogP contribution in [-0.2, 0) is 11.3 Å². The van der Waals surface area contributed by atoms with Crippen molar-refractivity contribution in [1.82, 2.24) is 25.3 Å². The third-order valence-corrected chi connectivity index (χ3v) is 4.48. The van der Waals surface area contributed by atoms with Gasteiger partial charge >= 0.3 is 0 Å². The Kier molecular flexibility index (Phi) is 4.85. The van der Waals surface area contributed by atoms with Gasteiger partial charge in [-0.3, -0.25) is 4.79 Å². The van der Waals surface area contributed by atoms with E-state index < -0.39 is 0 Å². The van der Waals surface area contributed by atoms with E-state index in [-0.39, 0.29) is 24.0 Å². The predicted molar refractivity (Wildman–Crippen MR) is 107 cm³/mol. The number of carbonyl (C=O) groups is 1. The lowest BCUT2D eigenvalue weighted by Crippen LogP contribution is -2.23. The Hall–Kier alpha value is -3.53. The Morgan fingerprint density at radius 3 is 2.75 bits per heavy atom. The largest absolute Gasteiger partial charge is 0.379 e. The molecule has 2 heterocycles. The number of para-hydroxylation sites is 2. The molecular weight excluding hydrogens is 426 g/mol. The molecule has 4 aromatic rings. The number of carbonyl (C=O) groups excluding carboxylic acids is 1. The number of nitrogen functional groups attached to an aromatic ring is 1. The molecule has 0 unspecified atom stereocenters. The molecule has 9 nitrogen and oxygen atoms in total. The van der Waals surface area contributed by atoms with Crippen molar-refractivity contribution < 1.29 is 9.42 Å². The van der Waals surface area contributed by atoms with E-state index in [0.717, 1.165) is 15.6 Å². The smallest absolute Gasteiger partial charge is 0.260 e. The van der Waals surface area contributed by atoms with Gasteiger partial charge in [-0.25, -0.2) is 15.0 Å². The number of amides is 1. The van der Waals surface area contributed by atoms with Crippen LogP contribution in [0.4, 0.5) is 5.82 Å². The SMILES string of the molecule is Nc1nonc1-c1nc2ccccc2n1CC(=O)NN=Cc1ccc(Br)cc1. The maximum absolute atomic E-state index is 12.4. The molecular formula is C18H14BrN7O2. The van der Waals surface area contributed by atoms with Crippen LogP contribution in [0.15, 0.2) is 62.7 Å². The van der Waals surface area contributed by atoms with E-state index in [1.165, 1.54) is 0 Å². The van der Waals surface area contributed by atoms with Gasteiger partial charge in [0, 0.05) is 4.47 Å². The molecule has 10 heteroatoms. The van der Waals surface area contributed by atoms with Crippen LogP contribution in [0.3, 0.4) is 0 Å². The molecule has 0 aliphatic carbocycles. The van der Waals surface area contributed by atoms with Gasteiger partial charge in [-0.15, -0.1) is 0 Å². The summed E-state index contributed by atoms with van der Waals surface area (Å²) in [7, 11) is 0. The van der Waals surface area contributed by atoms with Gasteiger partial charge in [0.1, 0.15) is 6.54 Å². The quantitative estimate of drug-likeness (QED) is 0.363. The van der Waals surface area contributed by atoms with Crippen molar-refractivity contribution in [2.45, 2.75) is 6.54 Å².